The normalized spacial score (nSPS) is 14.3. The summed E-state index contributed by atoms with van der Waals surface area (Å²) in [5, 5.41) is 0. The molecule has 1 rings (SSSR count). The average molecular weight is 212 g/mol. The molecule has 0 aliphatic heterocycles. The number of nitrogens with zero attached hydrogens (tertiary/aromatic N) is 1. The minimum atomic E-state index is -1.88. The van der Waals surface area contributed by atoms with Crippen molar-refractivity contribution in [1.82, 2.24) is 4.98 Å². The van der Waals surface area contributed by atoms with E-state index in [0.29, 0.717) is 5.69 Å². The summed E-state index contributed by atoms with van der Waals surface area (Å²) in [4.78, 5) is 14.9. The Balaban J connectivity index is 2.68. The Morgan fingerprint density at radius 2 is 2.40 bits per heavy atom. The molecule has 2 atom stereocenters. The Morgan fingerprint density at radius 1 is 1.67 bits per heavy atom. The Labute approximate surface area is 87.3 Å². The number of alkyl halides is 1. The highest BCUT2D eigenvalue weighted by Crippen LogP contribution is 2.15. The second kappa shape index (κ2) is 5.41. The summed E-state index contributed by atoms with van der Waals surface area (Å²) in [5.41, 5.74) is 5.86. The van der Waals surface area contributed by atoms with Crippen molar-refractivity contribution < 1.29 is 13.9 Å². The summed E-state index contributed by atoms with van der Waals surface area (Å²) in [7, 11) is 0. The van der Waals surface area contributed by atoms with Crippen molar-refractivity contribution in [1.29, 1.82) is 0 Å². The number of aromatic nitrogens is 1. The van der Waals surface area contributed by atoms with Crippen LogP contribution in [0.15, 0.2) is 24.4 Å². The molecule has 0 amide bonds. The highest BCUT2D eigenvalue weighted by atomic mass is 19.1. The Bertz CT molecular complexity index is 318. The summed E-state index contributed by atoms with van der Waals surface area (Å²) in [6, 6.07) is 3.86. The van der Waals surface area contributed by atoms with Gasteiger partial charge in [-0.1, -0.05) is 6.07 Å². The van der Waals surface area contributed by atoms with E-state index in [1.54, 1.807) is 25.1 Å². The molecule has 0 aliphatic rings. The molecular weight excluding hydrogens is 199 g/mol. The predicted molar refractivity (Wildman–Crippen MR) is 52.7 cm³/mol. The first-order chi connectivity index (χ1) is 7.16. The van der Waals surface area contributed by atoms with Crippen LogP contribution in [0.3, 0.4) is 0 Å². The van der Waals surface area contributed by atoms with Gasteiger partial charge in [-0.2, -0.15) is 0 Å². The van der Waals surface area contributed by atoms with Crippen LogP contribution in [0.25, 0.3) is 0 Å². The number of ether oxygens (including phenoxy) is 1. The van der Waals surface area contributed by atoms with Crippen molar-refractivity contribution in [2.24, 2.45) is 5.73 Å². The number of halogens is 1. The third-order valence-corrected chi connectivity index (χ3v) is 1.86. The number of carbonyl (C=O) groups is 1. The van der Waals surface area contributed by atoms with Gasteiger partial charge in [0.05, 0.1) is 18.3 Å². The van der Waals surface area contributed by atoms with Crippen LogP contribution in [0.5, 0.6) is 0 Å². The average Bonchev–Trinajstić information content (AvgIpc) is 2.28. The first-order valence-electron chi connectivity index (χ1n) is 4.64. The predicted octanol–water partition coefficient (Wildman–Crippen LogP) is 0.983. The fourth-order valence-electron chi connectivity index (χ4n) is 1.09. The molecule has 82 valence electrons. The minimum Gasteiger partial charge on any atom is -0.464 e. The van der Waals surface area contributed by atoms with E-state index in [1.807, 2.05) is 0 Å². The maximum Gasteiger partial charge on any atom is 0.342 e. The van der Waals surface area contributed by atoms with E-state index in [-0.39, 0.29) is 6.61 Å². The number of esters is 1. The van der Waals surface area contributed by atoms with E-state index >= 15 is 0 Å². The van der Waals surface area contributed by atoms with Gasteiger partial charge in [-0.15, -0.1) is 0 Å². The van der Waals surface area contributed by atoms with Crippen molar-refractivity contribution in [2.45, 2.75) is 19.1 Å². The van der Waals surface area contributed by atoms with Gasteiger partial charge in [0.25, 0.3) is 0 Å². The van der Waals surface area contributed by atoms with Crippen molar-refractivity contribution in [3.05, 3.63) is 30.1 Å². The van der Waals surface area contributed by atoms with Crippen molar-refractivity contribution in [3.8, 4) is 0 Å². The summed E-state index contributed by atoms with van der Waals surface area (Å²) in [6.07, 6.45) is -0.382. The zero-order chi connectivity index (χ0) is 11.3. The first kappa shape index (κ1) is 11.6. The number of carbonyl (C=O) groups excluding carboxylic acids is 1. The molecule has 15 heavy (non-hydrogen) atoms. The lowest BCUT2D eigenvalue weighted by atomic mass is 10.1. The summed E-state index contributed by atoms with van der Waals surface area (Å²) in [5.74, 6) is -0.948. The van der Waals surface area contributed by atoms with Gasteiger partial charge >= 0.3 is 5.97 Å². The Hall–Kier alpha value is -1.49. The first-order valence-corrected chi connectivity index (χ1v) is 4.64. The van der Waals surface area contributed by atoms with Gasteiger partial charge in [-0.25, -0.2) is 9.18 Å². The quantitative estimate of drug-likeness (QED) is 0.755. The topological polar surface area (TPSA) is 65.2 Å². The highest BCUT2D eigenvalue weighted by molar-refractivity contribution is 5.75. The van der Waals surface area contributed by atoms with E-state index in [1.165, 1.54) is 6.20 Å². The number of nitrogens with two attached hydrogens (primary N) is 1. The molecule has 0 fully saturated rings. The Kier molecular flexibility index (Phi) is 4.17. The fourth-order valence-corrected chi connectivity index (χ4v) is 1.09. The molecule has 0 saturated carbocycles. The monoisotopic (exact) mass is 212 g/mol. The van der Waals surface area contributed by atoms with Crippen LogP contribution in [-0.2, 0) is 9.53 Å². The molecule has 2 N–H and O–H groups in total. The van der Waals surface area contributed by atoms with Crippen LogP contribution in [0.2, 0.25) is 0 Å². The summed E-state index contributed by atoms with van der Waals surface area (Å²) >= 11 is 0. The van der Waals surface area contributed by atoms with Gasteiger partial charge in [0.1, 0.15) is 0 Å². The molecule has 0 aliphatic carbocycles. The van der Waals surface area contributed by atoms with Crippen LogP contribution >= 0.6 is 0 Å². The Morgan fingerprint density at radius 3 is 2.93 bits per heavy atom. The van der Waals surface area contributed by atoms with E-state index in [9.17, 15) is 9.18 Å². The molecule has 5 heteroatoms. The van der Waals surface area contributed by atoms with Crippen molar-refractivity contribution in [3.63, 3.8) is 0 Å². The van der Waals surface area contributed by atoms with Crippen LogP contribution in [0, 0.1) is 0 Å². The van der Waals surface area contributed by atoms with Crippen LogP contribution in [-0.4, -0.2) is 23.7 Å². The number of hydrogen-bond donors (Lipinski definition) is 1. The van der Waals surface area contributed by atoms with Gasteiger partial charge in [0, 0.05) is 6.20 Å². The van der Waals surface area contributed by atoms with E-state index in [4.69, 9.17) is 5.73 Å². The van der Waals surface area contributed by atoms with Gasteiger partial charge in [-0.3, -0.25) is 4.98 Å². The molecule has 0 saturated heterocycles. The van der Waals surface area contributed by atoms with Crippen LogP contribution in [0.4, 0.5) is 4.39 Å². The second-order valence-corrected chi connectivity index (χ2v) is 2.93. The van der Waals surface area contributed by atoms with Crippen LogP contribution < -0.4 is 5.73 Å². The summed E-state index contributed by atoms with van der Waals surface area (Å²) < 4.78 is 17.9. The van der Waals surface area contributed by atoms with Crippen molar-refractivity contribution >= 4 is 5.97 Å². The molecule has 0 aromatic carbocycles. The third kappa shape index (κ3) is 2.99. The molecule has 0 radical (unpaired) electrons. The van der Waals surface area contributed by atoms with Gasteiger partial charge in [-0.05, 0) is 19.1 Å². The van der Waals surface area contributed by atoms with E-state index in [0.717, 1.165) is 0 Å². The zero-order valence-electron chi connectivity index (χ0n) is 8.39. The van der Waals surface area contributed by atoms with Gasteiger partial charge in [0.15, 0.2) is 0 Å². The maximum absolute atomic E-state index is 13.4. The van der Waals surface area contributed by atoms with Crippen LogP contribution in [0.1, 0.15) is 18.7 Å². The molecule has 1 heterocycles. The highest BCUT2D eigenvalue weighted by Gasteiger charge is 2.28. The molecule has 1 aromatic rings. The largest absolute Gasteiger partial charge is 0.464 e. The van der Waals surface area contributed by atoms with Crippen molar-refractivity contribution in [2.75, 3.05) is 6.61 Å². The number of rotatable bonds is 4. The third-order valence-electron chi connectivity index (χ3n) is 1.86. The lowest BCUT2D eigenvalue weighted by Crippen LogP contribution is -2.32. The molecule has 4 nitrogen and oxygen atoms in total. The second-order valence-electron chi connectivity index (χ2n) is 2.93. The smallest absolute Gasteiger partial charge is 0.342 e. The molecule has 1 unspecified atom stereocenters. The molecule has 1 aromatic heterocycles. The summed E-state index contributed by atoms with van der Waals surface area (Å²) in [6.45, 7) is 1.74. The molecular formula is C10H13FN2O2. The van der Waals surface area contributed by atoms with E-state index < -0.39 is 18.2 Å². The number of pyridine rings is 1. The lowest BCUT2D eigenvalue weighted by Gasteiger charge is -2.14. The maximum atomic E-state index is 13.4. The fraction of sp³-hybridized carbons (Fsp3) is 0.400. The lowest BCUT2D eigenvalue weighted by molar-refractivity contribution is -0.150. The number of hydrogen-bond acceptors (Lipinski definition) is 4. The van der Waals surface area contributed by atoms with Gasteiger partial charge in [0.2, 0.25) is 6.17 Å². The minimum absolute atomic E-state index is 0.133. The molecule has 0 bridgehead atoms. The van der Waals surface area contributed by atoms with E-state index in [2.05, 4.69) is 9.72 Å². The zero-order valence-corrected chi connectivity index (χ0v) is 8.39. The standard InChI is InChI=1S/C10H13FN2O2/c1-2-15-10(14)8(11)9(12)7-5-3-4-6-13-7/h3-6,8-9H,2,12H2,1H3/t8?,9-/m0/s1. The molecule has 0 spiro atoms. The van der Waals surface area contributed by atoms with Gasteiger partial charge < -0.3 is 10.5 Å². The SMILES string of the molecule is CCOC(=O)C(F)[C@@H](N)c1ccccn1.